The van der Waals surface area contributed by atoms with Gasteiger partial charge in [-0.3, -0.25) is 9.71 Å². The number of aromatic nitrogens is 2. The summed E-state index contributed by atoms with van der Waals surface area (Å²) in [4.78, 5) is 8.60. The Morgan fingerprint density at radius 2 is 1.83 bits per heavy atom. The molecular weight excluding hydrogens is 423 g/mol. The highest BCUT2D eigenvalue weighted by molar-refractivity contribution is 7.91. The fourth-order valence-electron chi connectivity index (χ4n) is 2.79. The van der Waals surface area contributed by atoms with Gasteiger partial charge in [0.2, 0.25) is 10.0 Å². The largest absolute Gasteiger partial charge is 0.330 e. The molecule has 0 radical (unpaired) electrons. The number of pyridine rings is 1. The first-order valence-corrected chi connectivity index (χ1v) is 11.5. The molecule has 9 heteroatoms. The van der Waals surface area contributed by atoms with Crippen LogP contribution in [0.1, 0.15) is 5.56 Å². The summed E-state index contributed by atoms with van der Waals surface area (Å²) in [6, 6.07) is 16.2. The number of benzene rings is 2. The van der Waals surface area contributed by atoms with Crippen LogP contribution in [0, 0.1) is 5.82 Å². The van der Waals surface area contributed by atoms with E-state index in [9.17, 15) is 12.8 Å². The molecule has 0 amide bonds. The normalized spacial score (nSPS) is 11.2. The van der Waals surface area contributed by atoms with Crippen LogP contribution >= 0.6 is 11.3 Å². The lowest BCUT2D eigenvalue weighted by Crippen LogP contribution is -2.15. The number of hydrogen-bond donors (Lipinski definition) is 2. The van der Waals surface area contributed by atoms with Crippen LogP contribution in [0.4, 0.5) is 20.9 Å². The summed E-state index contributed by atoms with van der Waals surface area (Å²) >= 11 is 1.46. The van der Waals surface area contributed by atoms with Gasteiger partial charge in [0.1, 0.15) is 5.82 Å². The van der Waals surface area contributed by atoms with E-state index in [0.717, 1.165) is 22.1 Å². The number of nitrogens with one attached hydrogen (secondary N) is 2. The van der Waals surface area contributed by atoms with E-state index in [1.807, 2.05) is 17.5 Å². The van der Waals surface area contributed by atoms with Crippen LogP contribution in [-0.2, 0) is 15.8 Å². The number of sulfonamides is 1. The monoisotopic (exact) mass is 440 g/mol. The third-order valence-electron chi connectivity index (χ3n) is 4.12. The lowest BCUT2D eigenvalue weighted by Gasteiger charge is -2.09. The summed E-state index contributed by atoms with van der Waals surface area (Å²) in [6.07, 6.45) is 3.41. The molecule has 0 fully saturated rings. The second-order valence-corrected chi connectivity index (χ2v) is 9.05. The van der Waals surface area contributed by atoms with Gasteiger partial charge in [-0.15, -0.1) is 11.3 Å². The molecule has 0 bridgehead atoms. The Bertz CT molecular complexity index is 1240. The van der Waals surface area contributed by atoms with Crippen molar-refractivity contribution in [3.8, 4) is 11.3 Å². The summed E-state index contributed by atoms with van der Waals surface area (Å²) < 4.78 is 40.5. The van der Waals surface area contributed by atoms with Crippen molar-refractivity contribution in [1.82, 2.24) is 9.97 Å². The number of hydrogen-bond acceptors (Lipinski definition) is 6. The zero-order valence-electron chi connectivity index (χ0n) is 15.6. The molecule has 0 atom stereocenters. The van der Waals surface area contributed by atoms with E-state index in [1.54, 1.807) is 42.7 Å². The van der Waals surface area contributed by atoms with Crippen molar-refractivity contribution in [2.45, 2.75) is 5.75 Å². The standard InChI is InChI=1S/C21H17FN4O2S2/c22-17-4-1-3-15(11-17)14-30(27,28)26-18-8-6-16(7-9-18)20-13-29-21(25-20)24-19-5-2-10-23-12-19/h1-13,26H,14H2,(H,24,25). The van der Waals surface area contributed by atoms with Crippen molar-refractivity contribution in [3.05, 3.63) is 89.8 Å². The van der Waals surface area contributed by atoms with Crippen molar-refractivity contribution in [3.63, 3.8) is 0 Å². The average molecular weight is 441 g/mol. The molecule has 0 unspecified atom stereocenters. The number of thiazole rings is 1. The maximum Gasteiger partial charge on any atom is 0.236 e. The molecule has 0 aliphatic heterocycles. The minimum atomic E-state index is -3.66. The topological polar surface area (TPSA) is 84.0 Å². The first-order valence-electron chi connectivity index (χ1n) is 8.95. The Morgan fingerprint density at radius 1 is 1.00 bits per heavy atom. The molecule has 4 aromatic rings. The highest BCUT2D eigenvalue weighted by Crippen LogP contribution is 2.28. The number of nitrogens with zero attached hydrogens (tertiary/aromatic N) is 2. The van der Waals surface area contributed by atoms with Gasteiger partial charge in [0, 0.05) is 22.8 Å². The van der Waals surface area contributed by atoms with E-state index in [1.165, 1.54) is 29.5 Å². The zero-order chi connectivity index (χ0) is 21.0. The highest BCUT2D eigenvalue weighted by atomic mass is 32.2. The van der Waals surface area contributed by atoms with Crippen LogP contribution in [0.25, 0.3) is 11.3 Å². The van der Waals surface area contributed by atoms with Crippen LogP contribution < -0.4 is 10.0 Å². The van der Waals surface area contributed by atoms with E-state index < -0.39 is 15.8 Å². The molecule has 0 saturated carbocycles. The predicted octanol–water partition coefficient (Wildman–Crippen LogP) is 5.03. The fourth-order valence-corrected chi connectivity index (χ4v) is 4.72. The Morgan fingerprint density at radius 3 is 2.57 bits per heavy atom. The Balaban J connectivity index is 1.43. The summed E-state index contributed by atoms with van der Waals surface area (Å²) in [5.74, 6) is -0.769. The average Bonchev–Trinajstić information content (AvgIpc) is 3.17. The molecule has 0 saturated heterocycles. The van der Waals surface area contributed by atoms with E-state index in [0.29, 0.717) is 11.3 Å². The van der Waals surface area contributed by atoms with Crippen LogP contribution in [-0.4, -0.2) is 18.4 Å². The second-order valence-electron chi connectivity index (χ2n) is 6.47. The zero-order valence-corrected chi connectivity index (χ0v) is 17.3. The molecule has 152 valence electrons. The smallest absolute Gasteiger partial charge is 0.236 e. The third kappa shape index (κ3) is 5.19. The van der Waals surface area contributed by atoms with E-state index in [-0.39, 0.29) is 5.75 Å². The highest BCUT2D eigenvalue weighted by Gasteiger charge is 2.13. The minimum absolute atomic E-state index is 0.304. The van der Waals surface area contributed by atoms with E-state index in [4.69, 9.17) is 0 Å². The molecule has 4 rings (SSSR count). The predicted molar refractivity (Wildman–Crippen MR) is 118 cm³/mol. The first-order chi connectivity index (χ1) is 14.5. The summed E-state index contributed by atoms with van der Waals surface area (Å²) in [5, 5.41) is 5.84. The SMILES string of the molecule is O=S(=O)(Cc1cccc(F)c1)Nc1ccc(-c2csc(Nc3cccnc3)n2)cc1. The first kappa shape index (κ1) is 20.0. The molecule has 0 aliphatic rings. The van der Waals surface area contributed by atoms with Crippen molar-refractivity contribution in [2.75, 3.05) is 10.0 Å². The minimum Gasteiger partial charge on any atom is -0.330 e. The van der Waals surface area contributed by atoms with Crippen LogP contribution in [0.5, 0.6) is 0 Å². The van der Waals surface area contributed by atoms with Crippen LogP contribution in [0.15, 0.2) is 78.4 Å². The maximum absolute atomic E-state index is 13.3. The Labute approximate surface area is 177 Å². The third-order valence-corrected chi connectivity index (χ3v) is 6.13. The number of anilines is 3. The van der Waals surface area contributed by atoms with Crippen molar-refractivity contribution < 1.29 is 12.8 Å². The lowest BCUT2D eigenvalue weighted by molar-refractivity contribution is 0.599. The van der Waals surface area contributed by atoms with E-state index in [2.05, 4.69) is 20.0 Å². The van der Waals surface area contributed by atoms with Crippen LogP contribution in [0.3, 0.4) is 0 Å². The molecule has 0 spiro atoms. The molecule has 2 aromatic carbocycles. The maximum atomic E-state index is 13.3. The van der Waals surface area contributed by atoms with Gasteiger partial charge in [-0.1, -0.05) is 24.3 Å². The molecular formula is C21H17FN4O2S2. The lowest BCUT2D eigenvalue weighted by atomic mass is 10.1. The van der Waals surface area contributed by atoms with Gasteiger partial charge in [-0.05, 0) is 42.0 Å². The van der Waals surface area contributed by atoms with Gasteiger partial charge in [0.05, 0.1) is 23.3 Å². The number of halogens is 1. The fraction of sp³-hybridized carbons (Fsp3) is 0.0476. The van der Waals surface area contributed by atoms with Gasteiger partial charge < -0.3 is 5.32 Å². The molecule has 30 heavy (non-hydrogen) atoms. The van der Waals surface area contributed by atoms with Crippen molar-refractivity contribution in [1.29, 1.82) is 0 Å². The quantitative estimate of drug-likeness (QED) is 0.421. The van der Waals surface area contributed by atoms with Gasteiger partial charge >= 0.3 is 0 Å². The molecule has 2 aromatic heterocycles. The number of rotatable bonds is 7. The van der Waals surface area contributed by atoms with Crippen molar-refractivity contribution in [2.24, 2.45) is 0 Å². The second kappa shape index (κ2) is 8.60. The molecule has 6 nitrogen and oxygen atoms in total. The molecule has 2 heterocycles. The Hall–Kier alpha value is -3.30. The Kier molecular flexibility index (Phi) is 5.73. The molecule has 0 aliphatic carbocycles. The van der Waals surface area contributed by atoms with Crippen LogP contribution in [0.2, 0.25) is 0 Å². The molecule has 2 N–H and O–H groups in total. The summed E-state index contributed by atoms with van der Waals surface area (Å²) in [5.41, 5.74) is 3.30. The van der Waals surface area contributed by atoms with E-state index >= 15 is 0 Å². The van der Waals surface area contributed by atoms with Gasteiger partial charge in [0.25, 0.3) is 0 Å². The van der Waals surface area contributed by atoms with Gasteiger partial charge in [-0.25, -0.2) is 17.8 Å². The van der Waals surface area contributed by atoms with Gasteiger partial charge in [-0.2, -0.15) is 0 Å². The summed E-state index contributed by atoms with van der Waals surface area (Å²) in [7, 11) is -3.66. The van der Waals surface area contributed by atoms with Crippen molar-refractivity contribution >= 4 is 37.9 Å². The summed E-state index contributed by atoms with van der Waals surface area (Å²) in [6.45, 7) is 0. The van der Waals surface area contributed by atoms with Gasteiger partial charge in [0.15, 0.2) is 5.13 Å².